The molecule has 1 fully saturated rings. The van der Waals surface area contributed by atoms with Crippen LogP contribution < -0.4 is 5.32 Å². The first-order valence-corrected chi connectivity index (χ1v) is 7.94. The van der Waals surface area contributed by atoms with Crippen molar-refractivity contribution in [2.75, 3.05) is 47.1 Å². The van der Waals surface area contributed by atoms with Gasteiger partial charge in [0, 0.05) is 26.2 Å². The largest absolute Gasteiger partial charge is 0.383 e. The summed E-state index contributed by atoms with van der Waals surface area (Å²) in [5, 5.41) is 3.41. The van der Waals surface area contributed by atoms with Crippen LogP contribution in [0.3, 0.4) is 0 Å². The van der Waals surface area contributed by atoms with Crippen LogP contribution in [0.4, 0.5) is 0 Å². The van der Waals surface area contributed by atoms with Crippen molar-refractivity contribution in [2.24, 2.45) is 11.3 Å². The van der Waals surface area contributed by atoms with Crippen LogP contribution in [0.25, 0.3) is 0 Å². The first-order valence-electron chi connectivity index (χ1n) is 7.94. The summed E-state index contributed by atoms with van der Waals surface area (Å²) in [5.41, 5.74) is -0.358. The minimum atomic E-state index is -0.358. The third kappa shape index (κ3) is 4.94. The Bertz CT molecular complexity index is 315. The van der Waals surface area contributed by atoms with E-state index in [1.165, 1.54) is 0 Å². The Morgan fingerprint density at radius 1 is 1.38 bits per heavy atom. The smallest absolute Gasteiger partial charge is 0.228 e. The summed E-state index contributed by atoms with van der Waals surface area (Å²) < 4.78 is 10.4. The molecule has 1 rings (SSSR count). The number of hydrogen-bond donors (Lipinski definition) is 1. The predicted molar refractivity (Wildman–Crippen MR) is 84.3 cm³/mol. The van der Waals surface area contributed by atoms with Crippen molar-refractivity contribution >= 4 is 5.91 Å². The van der Waals surface area contributed by atoms with E-state index in [-0.39, 0.29) is 17.4 Å². The first kappa shape index (κ1) is 18.4. The zero-order chi connectivity index (χ0) is 15.9. The van der Waals surface area contributed by atoms with E-state index in [0.717, 1.165) is 25.9 Å². The lowest BCUT2D eigenvalue weighted by molar-refractivity contribution is -0.147. The molecule has 0 aromatic carbocycles. The number of methoxy groups -OCH3 is 2. The van der Waals surface area contributed by atoms with E-state index >= 15 is 0 Å². The fraction of sp³-hybridized carbons (Fsp3) is 0.938. The molecule has 0 radical (unpaired) electrons. The Labute approximate surface area is 129 Å². The number of piperidine rings is 1. The van der Waals surface area contributed by atoms with Crippen LogP contribution in [0.5, 0.6) is 0 Å². The molecule has 1 saturated heterocycles. The Morgan fingerprint density at radius 2 is 2.10 bits per heavy atom. The molecule has 0 aromatic rings. The van der Waals surface area contributed by atoms with Crippen LogP contribution in [0.1, 0.15) is 33.6 Å². The number of ether oxygens (including phenoxy) is 2. The van der Waals surface area contributed by atoms with Crippen LogP contribution in [0.15, 0.2) is 0 Å². The molecule has 1 aliphatic rings. The molecular weight excluding hydrogens is 268 g/mol. The molecule has 0 bridgehead atoms. The van der Waals surface area contributed by atoms with Crippen molar-refractivity contribution in [1.82, 2.24) is 10.2 Å². The summed E-state index contributed by atoms with van der Waals surface area (Å²) >= 11 is 0. The summed E-state index contributed by atoms with van der Waals surface area (Å²) in [6.07, 6.45) is 2.26. The number of carbonyl (C=O) groups excluding carboxylic acids is 1. The molecule has 1 aliphatic heterocycles. The number of amides is 1. The van der Waals surface area contributed by atoms with Gasteiger partial charge < -0.3 is 19.7 Å². The van der Waals surface area contributed by atoms with Crippen LogP contribution in [-0.4, -0.2) is 63.9 Å². The Balaban J connectivity index is 2.80. The van der Waals surface area contributed by atoms with Gasteiger partial charge in [-0.15, -0.1) is 0 Å². The van der Waals surface area contributed by atoms with Crippen molar-refractivity contribution in [3.05, 3.63) is 0 Å². The van der Waals surface area contributed by atoms with Gasteiger partial charge in [-0.2, -0.15) is 0 Å². The van der Waals surface area contributed by atoms with Gasteiger partial charge in [0.05, 0.1) is 19.3 Å². The number of rotatable bonds is 8. The maximum atomic E-state index is 13.1. The Morgan fingerprint density at radius 3 is 2.62 bits per heavy atom. The van der Waals surface area contributed by atoms with Crippen LogP contribution in [0.2, 0.25) is 0 Å². The van der Waals surface area contributed by atoms with Gasteiger partial charge in [-0.3, -0.25) is 4.79 Å². The fourth-order valence-electron chi connectivity index (χ4n) is 3.06. The van der Waals surface area contributed by atoms with E-state index in [1.54, 1.807) is 14.2 Å². The average Bonchev–Trinajstić information content (AvgIpc) is 2.48. The van der Waals surface area contributed by atoms with Crippen molar-refractivity contribution in [3.8, 4) is 0 Å². The molecule has 1 amide bonds. The van der Waals surface area contributed by atoms with Crippen molar-refractivity contribution < 1.29 is 14.3 Å². The molecular formula is C16H32N2O3. The van der Waals surface area contributed by atoms with Gasteiger partial charge in [-0.25, -0.2) is 0 Å². The summed E-state index contributed by atoms with van der Waals surface area (Å²) in [6.45, 7) is 9.89. The van der Waals surface area contributed by atoms with E-state index in [1.807, 2.05) is 11.8 Å². The SMILES string of the molecule is COCCN(C(=O)C(C)(C)C1CCCNC1)C(C)COC. The van der Waals surface area contributed by atoms with Gasteiger partial charge >= 0.3 is 0 Å². The maximum Gasteiger partial charge on any atom is 0.228 e. The van der Waals surface area contributed by atoms with E-state index in [0.29, 0.717) is 25.7 Å². The number of nitrogens with zero attached hydrogens (tertiary/aromatic N) is 1. The van der Waals surface area contributed by atoms with Crippen molar-refractivity contribution in [2.45, 2.75) is 39.7 Å². The summed E-state index contributed by atoms with van der Waals surface area (Å²) in [4.78, 5) is 15.0. The van der Waals surface area contributed by atoms with E-state index in [4.69, 9.17) is 9.47 Å². The second-order valence-electron chi connectivity index (χ2n) is 6.56. The lowest BCUT2D eigenvalue weighted by atomic mass is 9.73. The molecule has 0 saturated carbocycles. The molecule has 2 atom stereocenters. The normalized spacial score (nSPS) is 21.1. The summed E-state index contributed by atoms with van der Waals surface area (Å²) in [6, 6.07) is 0.0634. The van der Waals surface area contributed by atoms with E-state index < -0.39 is 0 Å². The monoisotopic (exact) mass is 300 g/mol. The lowest BCUT2D eigenvalue weighted by Gasteiger charge is -2.41. The quantitative estimate of drug-likeness (QED) is 0.738. The molecule has 1 heterocycles. The highest BCUT2D eigenvalue weighted by Gasteiger charge is 2.40. The zero-order valence-corrected chi connectivity index (χ0v) is 14.3. The zero-order valence-electron chi connectivity index (χ0n) is 14.3. The van der Waals surface area contributed by atoms with Crippen LogP contribution >= 0.6 is 0 Å². The molecule has 0 spiro atoms. The van der Waals surface area contributed by atoms with Gasteiger partial charge in [-0.05, 0) is 38.8 Å². The molecule has 124 valence electrons. The van der Waals surface area contributed by atoms with Gasteiger partial charge in [-0.1, -0.05) is 13.8 Å². The highest BCUT2D eigenvalue weighted by molar-refractivity contribution is 5.82. The minimum Gasteiger partial charge on any atom is -0.383 e. The Hall–Kier alpha value is -0.650. The van der Waals surface area contributed by atoms with Gasteiger partial charge in [0.1, 0.15) is 0 Å². The molecule has 5 nitrogen and oxygen atoms in total. The predicted octanol–water partition coefficient (Wildman–Crippen LogP) is 1.52. The number of nitrogens with one attached hydrogen (secondary N) is 1. The minimum absolute atomic E-state index is 0.0634. The summed E-state index contributed by atoms with van der Waals surface area (Å²) in [5.74, 6) is 0.594. The van der Waals surface area contributed by atoms with Crippen LogP contribution in [-0.2, 0) is 14.3 Å². The third-order valence-corrected chi connectivity index (χ3v) is 4.61. The number of hydrogen-bond acceptors (Lipinski definition) is 4. The molecule has 0 aromatic heterocycles. The molecule has 21 heavy (non-hydrogen) atoms. The average molecular weight is 300 g/mol. The third-order valence-electron chi connectivity index (χ3n) is 4.61. The molecule has 5 heteroatoms. The molecule has 0 aliphatic carbocycles. The lowest BCUT2D eigenvalue weighted by Crippen LogP contribution is -2.53. The fourth-order valence-corrected chi connectivity index (χ4v) is 3.06. The van der Waals surface area contributed by atoms with Crippen molar-refractivity contribution in [3.63, 3.8) is 0 Å². The van der Waals surface area contributed by atoms with Gasteiger partial charge in [0.25, 0.3) is 0 Å². The van der Waals surface area contributed by atoms with E-state index in [9.17, 15) is 4.79 Å². The summed E-state index contributed by atoms with van der Waals surface area (Å²) in [7, 11) is 3.34. The Kier molecular flexibility index (Phi) is 7.63. The van der Waals surface area contributed by atoms with Gasteiger partial charge in [0.2, 0.25) is 5.91 Å². The second kappa shape index (κ2) is 8.71. The van der Waals surface area contributed by atoms with Crippen molar-refractivity contribution in [1.29, 1.82) is 0 Å². The number of carbonyl (C=O) groups is 1. The standard InChI is InChI=1S/C16H32N2O3/c1-13(12-21-5)18(9-10-20-4)15(19)16(2,3)14-7-6-8-17-11-14/h13-14,17H,6-12H2,1-5H3. The highest BCUT2D eigenvalue weighted by Crippen LogP contribution is 2.34. The molecule has 2 unspecified atom stereocenters. The van der Waals surface area contributed by atoms with E-state index in [2.05, 4.69) is 19.2 Å². The second-order valence-corrected chi connectivity index (χ2v) is 6.56. The topological polar surface area (TPSA) is 50.8 Å². The maximum absolute atomic E-state index is 13.1. The highest BCUT2D eigenvalue weighted by atomic mass is 16.5. The molecule has 1 N–H and O–H groups in total. The van der Waals surface area contributed by atoms with Crippen LogP contribution in [0, 0.1) is 11.3 Å². The van der Waals surface area contributed by atoms with Gasteiger partial charge in [0.15, 0.2) is 0 Å². The first-order chi connectivity index (χ1) is 9.95.